The first-order valence-corrected chi connectivity index (χ1v) is 5.65. The van der Waals surface area contributed by atoms with Crippen molar-refractivity contribution in [3.8, 4) is 0 Å². The molecule has 0 aromatic heterocycles. The van der Waals surface area contributed by atoms with Crippen molar-refractivity contribution in [1.29, 1.82) is 0 Å². The summed E-state index contributed by atoms with van der Waals surface area (Å²) in [4.78, 5) is 23.5. The van der Waals surface area contributed by atoms with E-state index in [-0.39, 0.29) is 13.2 Å². The van der Waals surface area contributed by atoms with Crippen molar-refractivity contribution in [3.05, 3.63) is 35.9 Å². The van der Waals surface area contributed by atoms with Gasteiger partial charge in [-0.2, -0.15) is 0 Å². The van der Waals surface area contributed by atoms with Crippen LogP contribution in [0.5, 0.6) is 0 Å². The van der Waals surface area contributed by atoms with Gasteiger partial charge in [0.1, 0.15) is 6.61 Å². The van der Waals surface area contributed by atoms with Gasteiger partial charge in [0.15, 0.2) is 0 Å². The highest BCUT2D eigenvalue weighted by Crippen LogP contribution is 2.04. The molecule has 0 saturated carbocycles. The molecule has 1 aromatic rings. The number of carboxylic acid groups (broad SMARTS) is 1. The smallest absolute Gasteiger partial charge is 0.409 e. The number of nitrogens with zero attached hydrogens (tertiary/aromatic N) is 1. The summed E-state index contributed by atoms with van der Waals surface area (Å²) >= 11 is 0. The number of carbonyl (C=O) groups excluding carboxylic acids is 1. The summed E-state index contributed by atoms with van der Waals surface area (Å²) in [6.07, 6.45) is -0.521. The summed E-state index contributed by atoms with van der Waals surface area (Å²) in [6, 6.07) is 9.31. The molecule has 0 unspecified atom stereocenters. The molecule has 5 heteroatoms. The van der Waals surface area contributed by atoms with E-state index < -0.39 is 18.0 Å². The minimum atomic E-state index is -0.933. The fourth-order valence-corrected chi connectivity index (χ4v) is 1.39. The van der Waals surface area contributed by atoms with E-state index in [2.05, 4.69) is 0 Å². The van der Waals surface area contributed by atoms with Gasteiger partial charge in [0.25, 0.3) is 0 Å². The zero-order chi connectivity index (χ0) is 13.5. The Morgan fingerprint density at radius 2 is 1.94 bits per heavy atom. The first-order chi connectivity index (χ1) is 8.50. The van der Waals surface area contributed by atoms with Crippen LogP contribution in [-0.2, 0) is 16.1 Å². The van der Waals surface area contributed by atoms with Gasteiger partial charge in [-0.15, -0.1) is 0 Å². The lowest BCUT2D eigenvalue weighted by Crippen LogP contribution is -2.34. The Kier molecular flexibility index (Phi) is 5.17. The van der Waals surface area contributed by atoms with Crippen LogP contribution in [0.3, 0.4) is 0 Å². The predicted molar refractivity (Wildman–Crippen MR) is 66.1 cm³/mol. The summed E-state index contributed by atoms with van der Waals surface area (Å²) in [7, 11) is 1.52. The second kappa shape index (κ2) is 6.64. The van der Waals surface area contributed by atoms with Crippen molar-refractivity contribution in [2.75, 3.05) is 13.6 Å². The average molecular weight is 251 g/mol. The lowest BCUT2D eigenvalue weighted by atomic mass is 10.2. The summed E-state index contributed by atoms with van der Waals surface area (Å²) in [5.41, 5.74) is 0.894. The molecule has 1 N–H and O–H groups in total. The number of amides is 1. The van der Waals surface area contributed by atoms with E-state index in [1.165, 1.54) is 11.9 Å². The number of hydrogen-bond donors (Lipinski definition) is 1. The van der Waals surface area contributed by atoms with E-state index in [1.54, 1.807) is 6.92 Å². The molecule has 0 fully saturated rings. The fourth-order valence-electron chi connectivity index (χ4n) is 1.39. The third kappa shape index (κ3) is 4.45. The number of rotatable bonds is 5. The van der Waals surface area contributed by atoms with Crippen LogP contribution in [0.15, 0.2) is 30.3 Å². The molecule has 98 valence electrons. The molecule has 5 nitrogen and oxygen atoms in total. The van der Waals surface area contributed by atoms with Crippen LogP contribution in [0.1, 0.15) is 12.5 Å². The van der Waals surface area contributed by atoms with Crippen LogP contribution in [0.25, 0.3) is 0 Å². The average Bonchev–Trinajstić information content (AvgIpc) is 2.36. The molecule has 0 aliphatic carbocycles. The van der Waals surface area contributed by atoms with Crippen LogP contribution < -0.4 is 0 Å². The van der Waals surface area contributed by atoms with Crippen molar-refractivity contribution >= 4 is 12.1 Å². The van der Waals surface area contributed by atoms with E-state index in [4.69, 9.17) is 9.84 Å². The fraction of sp³-hybridized carbons (Fsp3) is 0.385. The van der Waals surface area contributed by atoms with Gasteiger partial charge >= 0.3 is 12.1 Å². The first-order valence-electron chi connectivity index (χ1n) is 5.65. The second-order valence-electron chi connectivity index (χ2n) is 4.16. The third-order valence-electron chi connectivity index (χ3n) is 2.49. The van der Waals surface area contributed by atoms with Crippen LogP contribution in [0.4, 0.5) is 4.79 Å². The van der Waals surface area contributed by atoms with E-state index in [0.717, 1.165) is 5.56 Å². The van der Waals surface area contributed by atoms with E-state index in [9.17, 15) is 9.59 Å². The highest BCUT2D eigenvalue weighted by atomic mass is 16.6. The zero-order valence-electron chi connectivity index (χ0n) is 10.5. The Morgan fingerprint density at radius 3 is 2.50 bits per heavy atom. The Labute approximate surface area is 106 Å². The molecule has 0 saturated heterocycles. The molecule has 1 rings (SSSR count). The normalized spacial score (nSPS) is 11.7. The van der Waals surface area contributed by atoms with E-state index in [0.29, 0.717) is 0 Å². The minimum Gasteiger partial charge on any atom is -0.481 e. The maximum Gasteiger partial charge on any atom is 0.409 e. The number of carbonyl (C=O) groups is 2. The Morgan fingerprint density at radius 1 is 1.33 bits per heavy atom. The quantitative estimate of drug-likeness (QED) is 0.868. The van der Waals surface area contributed by atoms with Crippen LogP contribution in [0.2, 0.25) is 0 Å². The van der Waals surface area contributed by atoms with Crippen molar-refractivity contribution in [2.45, 2.75) is 13.5 Å². The lowest BCUT2D eigenvalue weighted by molar-refractivity contribution is -0.141. The largest absolute Gasteiger partial charge is 0.481 e. The monoisotopic (exact) mass is 251 g/mol. The molecular formula is C13H17NO4. The third-order valence-corrected chi connectivity index (χ3v) is 2.49. The van der Waals surface area contributed by atoms with Gasteiger partial charge in [-0.05, 0) is 5.56 Å². The van der Waals surface area contributed by atoms with Crippen molar-refractivity contribution < 1.29 is 19.4 Å². The first kappa shape index (κ1) is 14.0. The van der Waals surface area contributed by atoms with Gasteiger partial charge in [-0.3, -0.25) is 4.79 Å². The summed E-state index contributed by atoms with van der Waals surface area (Å²) < 4.78 is 5.06. The van der Waals surface area contributed by atoms with Gasteiger partial charge in [-0.1, -0.05) is 37.3 Å². The zero-order valence-corrected chi connectivity index (χ0v) is 10.5. The maximum atomic E-state index is 11.6. The Hall–Kier alpha value is -2.04. The molecule has 18 heavy (non-hydrogen) atoms. The van der Waals surface area contributed by atoms with Crippen LogP contribution >= 0.6 is 0 Å². The number of ether oxygens (including phenoxy) is 1. The van der Waals surface area contributed by atoms with Crippen LogP contribution in [-0.4, -0.2) is 35.7 Å². The summed E-state index contributed by atoms with van der Waals surface area (Å²) in [5, 5.41) is 8.74. The number of carboxylic acids is 1. The van der Waals surface area contributed by atoms with E-state index >= 15 is 0 Å². The van der Waals surface area contributed by atoms with Gasteiger partial charge in [0, 0.05) is 13.6 Å². The molecule has 0 bridgehead atoms. The molecule has 0 heterocycles. The SMILES string of the molecule is C[C@@H](CN(C)C(=O)OCc1ccccc1)C(=O)O. The topological polar surface area (TPSA) is 66.8 Å². The minimum absolute atomic E-state index is 0.128. The van der Waals surface area contributed by atoms with Gasteiger partial charge in [0.2, 0.25) is 0 Å². The number of aliphatic carboxylic acids is 1. The van der Waals surface area contributed by atoms with Gasteiger partial charge in [0.05, 0.1) is 5.92 Å². The Balaban J connectivity index is 2.39. The number of hydrogen-bond acceptors (Lipinski definition) is 3. The van der Waals surface area contributed by atoms with Gasteiger partial charge < -0.3 is 14.7 Å². The Bertz CT molecular complexity index is 405. The summed E-state index contributed by atoms with van der Waals surface area (Å²) in [6.45, 7) is 1.86. The number of benzene rings is 1. The van der Waals surface area contributed by atoms with Crippen LogP contribution in [0, 0.1) is 5.92 Å². The molecular weight excluding hydrogens is 234 g/mol. The van der Waals surface area contributed by atoms with Crippen molar-refractivity contribution in [2.24, 2.45) is 5.92 Å². The molecule has 0 spiro atoms. The van der Waals surface area contributed by atoms with Crippen molar-refractivity contribution in [1.82, 2.24) is 4.90 Å². The highest BCUT2D eigenvalue weighted by Gasteiger charge is 2.18. The lowest BCUT2D eigenvalue weighted by Gasteiger charge is -2.18. The molecule has 0 aliphatic rings. The predicted octanol–water partition coefficient (Wildman–Crippen LogP) is 1.98. The highest BCUT2D eigenvalue weighted by molar-refractivity contribution is 5.72. The molecule has 1 aromatic carbocycles. The molecule has 1 amide bonds. The standard InChI is InChI=1S/C13H17NO4/c1-10(12(15)16)8-14(2)13(17)18-9-11-6-4-3-5-7-11/h3-7,10H,8-9H2,1-2H3,(H,15,16)/t10-/m0/s1. The van der Waals surface area contributed by atoms with Crippen molar-refractivity contribution in [3.63, 3.8) is 0 Å². The summed E-state index contributed by atoms with van der Waals surface area (Å²) in [5.74, 6) is -1.54. The van der Waals surface area contributed by atoms with Gasteiger partial charge in [-0.25, -0.2) is 4.79 Å². The van der Waals surface area contributed by atoms with E-state index in [1.807, 2.05) is 30.3 Å². The second-order valence-corrected chi connectivity index (χ2v) is 4.16. The molecule has 0 aliphatic heterocycles. The molecule has 1 atom stereocenters. The molecule has 0 radical (unpaired) electrons. The maximum absolute atomic E-state index is 11.6.